The molecule has 0 saturated carbocycles. The molecule has 0 spiro atoms. The van der Waals surface area contributed by atoms with Crippen LogP contribution in [0.2, 0.25) is 0 Å². The highest BCUT2D eigenvalue weighted by atomic mass is 16.5. The molecule has 0 radical (unpaired) electrons. The SMILES string of the molecule is CC(C)N1CCC(NC(=O)C2CCOCC2)C1. The van der Waals surface area contributed by atoms with Crippen molar-refractivity contribution in [1.29, 1.82) is 0 Å². The van der Waals surface area contributed by atoms with Crippen molar-refractivity contribution in [3.63, 3.8) is 0 Å². The van der Waals surface area contributed by atoms with Gasteiger partial charge in [0.15, 0.2) is 0 Å². The van der Waals surface area contributed by atoms with E-state index in [0.29, 0.717) is 12.1 Å². The molecule has 2 rings (SSSR count). The third kappa shape index (κ3) is 3.42. The summed E-state index contributed by atoms with van der Waals surface area (Å²) in [5.41, 5.74) is 0. The maximum atomic E-state index is 12.0. The minimum Gasteiger partial charge on any atom is -0.381 e. The highest BCUT2D eigenvalue weighted by molar-refractivity contribution is 5.79. The molecule has 0 aromatic rings. The van der Waals surface area contributed by atoms with Crippen LogP contribution in [0.25, 0.3) is 0 Å². The topological polar surface area (TPSA) is 41.6 Å². The number of nitrogens with one attached hydrogen (secondary N) is 1. The first-order valence-corrected chi connectivity index (χ1v) is 6.79. The first-order valence-electron chi connectivity index (χ1n) is 6.79. The standard InChI is InChI=1S/C13H24N2O2/c1-10(2)15-6-3-12(9-15)14-13(16)11-4-7-17-8-5-11/h10-12H,3-9H2,1-2H3,(H,14,16). The summed E-state index contributed by atoms with van der Waals surface area (Å²) in [7, 11) is 0. The van der Waals surface area contributed by atoms with Gasteiger partial charge in [0, 0.05) is 44.3 Å². The van der Waals surface area contributed by atoms with E-state index in [1.807, 2.05) is 0 Å². The van der Waals surface area contributed by atoms with Crippen LogP contribution in [0.1, 0.15) is 33.1 Å². The first-order chi connectivity index (χ1) is 8.16. The quantitative estimate of drug-likeness (QED) is 0.800. The predicted molar refractivity (Wildman–Crippen MR) is 66.8 cm³/mol. The van der Waals surface area contributed by atoms with Gasteiger partial charge in [-0.1, -0.05) is 0 Å². The summed E-state index contributed by atoms with van der Waals surface area (Å²) in [6.45, 7) is 8.01. The van der Waals surface area contributed by atoms with E-state index in [4.69, 9.17) is 4.74 Å². The van der Waals surface area contributed by atoms with E-state index in [1.54, 1.807) is 0 Å². The van der Waals surface area contributed by atoms with Crippen molar-refractivity contribution in [2.45, 2.75) is 45.2 Å². The second-order valence-corrected chi connectivity index (χ2v) is 5.47. The van der Waals surface area contributed by atoms with Gasteiger partial charge in [-0.05, 0) is 33.1 Å². The normalized spacial score (nSPS) is 27.6. The Morgan fingerprint density at radius 1 is 1.29 bits per heavy atom. The number of nitrogens with zero attached hydrogens (tertiary/aromatic N) is 1. The fourth-order valence-corrected chi connectivity index (χ4v) is 2.65. The van der Waals surface area contributed by atoms with Crippen LogP contribution < -0.4 is 5.32 Å². The van der Waals surface area contributed by atoms with Crippen LogP contribution >= 0.6 is 0 Å². The molecule has 1 atom stereocenters. The molecule has 4 nitrogen and oxygen atoms in total. The maximum Gasteiger partial charge on any atom is 0.223 e. The lowest BCUT2D eigenvalue weighted by atomic mass is 9.99. The van der Waals surface area contributed by atoms with E-state index in [1.165, 1.54) is 0 Å². The number of rotatable bonds is 3. The lowest BCUT2D eigenvalue weighted by Crippen LogP contribution is -2.42. The summed E-state index contributed by atoms with van der Waals surface area (Å²) < 4.78 is 5.28. The summed E-state index contributed by atoms with van der Waals surface area (Å²) in [5, 5.41) is 3.20. The molecule has 4 heteroatoms. The Kier molecular flexibility index (Phi) is 4.40. The highest BCUT2D eigenvalue weighted by Crippen LogP contribution is 2.17. The van der Waals surface area contributed by atoms with Crippen LogP contribution in [-0.4, -0.2) is 49.2 Å². The molecule has 2 aliphatic rings. The zero-order valence-electron chi connectivity index (χ0n) is 10.9. The fraction of sp³-hybridized carbons (Fsp3) is 0.923. The molecule has 0 aliphatic carbocycles. The number of carbonyl (C=O) groups is 1. The van der Waals surface area contributed by atoms with Gasteiger partial charge in [-0.25, -0.2) is 0 Å². The van der Waals surface area contributed by atoms with Gasteiger partial charge in [-0.3, -0.25) is 9.69 Å². The molecule has 1 unspecified atom stereocenters. The molecule has 2 saturated heterocycles. The molecule has 2 aliphatic heterocycles. The Labute approximate surface area is 104 Å². The van der Waals surface area contributed by atoms with E-state index < -0.39 is 0 Å². The van der Waals surface area contributed by atoms with E-state index in [9.17, 15) is 4.79 Å². The Morgan fingerprint density at radius 2 is 2.00 bits per heavy atom. The summed E-state index contributed by atoms with van der Waals surface area (Å²) in [6, 6.07) is 0.938. The van der Waals surface area contributed by atoms with Crippen LogP contribution in [0, 0.1) is 5.92 Å². The van der Waals surface area contributed by atoms with E-state index in [0.717, 1.165) is 45.6 Å². The van der Waals surface area contributed by atoms with Crippen LogP contribution in [-0.2, 0) is 9.53 Å². The summed E-state index contributed by atoms with van der Waals surface area (Å²) in [6.07, 6.45) is 2.85. The third-order valence-electron chi connectivity index (χ3n) is 3.89. The molecule has 0 aromatic carbocycles. The Morgan fingerprint density at radius 3 is 2.59 bits per heavy atom. The molecule has 2 heterocycles. The lowest BCUT2D eigenvalue weighted by Gasteiger charge is -2.24. The highest BCUT2D eigenvalue weighted by Gasteiger charge is 2.28. The van der Waals surface area contributed by atoms with Crippen molar-refractivity contribution < 1.29 is 9.53 Å². The number of hydrogen-bond donors (Lipinski definition) is 1. The van der Waals surface area contributed by atoms with E-state index in [2.05, 4.69) is 24.1 Å². The van der Waals surface area contributed by atoms with E-state index >= 15 is 0 Å². The zero-order valence-corrected chi connectivity index (χ0v) is 10.9. The van der Waals surface area contributed by atoms with Gasteiger partial charge in [0.1, 0.15) is 0 Å². The van der Waals surface area contributed by atoms with Crippen LogP contribution in [0.3, 0.4) is 0 Å². The molecule has 2 fully saturated rings. The Balaban J connectivity index is 1.75. The minimum atomic E-state index is 0.178. The van der Waals surface area contributed by atoms with Crippen LogP contribution in [0.4, 0.5) is 0 Å². The molecule has 0 aromatic heterocycles. The van der Waals surface area contributed by atoms with Crippen molar-refractivity contribution >= 4 is 5.91 Å². The number of hydrogen-bond acceptors (Lipinski definition) is 3. The van der Waals surface area contributed by atoms with Crippen molar-refractivity contribution in [3.8, 4) is 0 Å². The number of carbonyl (C=O) groups excluding carboxylic acids is 1. The van der Waals surface area contributed by atoms with Crippen molar-refractivity contribution in [3.05, 3.63) is 0 Å². The van der Waals surface area contributed by atoms with Crippen molar-refractivity contribution in [2.75, 3.05) is 26.3 Å². The average Bonchev–Trinajstić information content (AvgIpc) is 2.79. The number of amides is 1. The largest absolute Gasteiger partial charge is 0.381 e. The van der Waals surface area contributed by atoms with Gasteiger partial charge in [-0.15, -0.1) is 0 Å². The predicted octanol–water partition coefficient (Wildman–Crippen LogP) is 1.01. The molecule has 0 bridgehead atoms. The number of ether oxygens (including phenoxy) is 1. The van der Waals surface area contributed by atoms with Crippen molar-refractivity contribution in [2.24, 2.45) is 5.92 Å². The molecule has 17 heavy (non-hydrogen) atoms. The molecular weight excluding hydrogens is 216 g/mol. The Bertz CT molecular complexity index is 262. The third-order valence-corrected chi connectivity index (χ3v) is 3.89. The van der Waals surface area contributed by atoms with Crippen LogP contribution in [0.15, 0.2) is 0 Å². The second-order valence-electron chi connectivity index (χ2n) is 5.47. The van der Waals surface area contributed by atoms with Gasteiger partial charge in [-0.2, -0.15) is 0 Å². The average molecular weight is 240 g/mol. The lowest BCUT2D eigenvalue weighted by molar-refractivity contribution is -0.128. The number of likely N-dealkylation sites (tertiary alicyclic amines) is 1. The summed E-state index contributed by atoms with van der Waals surface area (Å²) in [4.78, 5) is 14.5. The molecule has 1 N–H and O–H groups in total. The van der Waals surface area contributed by atoms with Crippen LogP contribution in [0.5, 0.6) is 0 Å². The monoisotopic (exact) mass is 240 g/mol. The second kappa shape index (κ2) is 5.83. The van der Waals surface area contributed by atoms with Crippen molar-refractivity contribution in [1.82, 2.24) is 10.2 Å². The first kappa shape index (κ1) is 12.8. The Hall–Kier alpha value is -0.610. The van der Waals surface area contributed by atoms with Gasteiger partial charge in [0.05, 0.1) is 0 Å². The van der Waals surface area contributed by atoms with E-state index in [-0.39, 0.29) is 11.8 Å². The molecule has 1 amide bonds. The van der Waals surface area contributed by atoms with Gasteiger partial charge < -0.3 is 10.1 Å². The smallest absolute Gasteiger partial charge is 0.223 e. The summed E-state index contributed by atoms with van der Waals surface area (Å²) >= 11 is 0. The van der Waals surface area contributed by atoms with Gasteiger partial charge in [0.25, 0.3) is 0 Å². The van der Waals surface area contributed by atoms with Gasteiger partial charge in [0.2, 0.25) is 5.91 Å². The fourth-order valence-electron chi connectivity index (χ4n) is 2.65. The molecule has 98 valence electrons. The zero-order chi connectivity index (χ0) is 12.3. The molecular formula is C13H24N2O2. The van der Waals surface area contributed by atoms with Gasteiger partial charge >= 0.3 is 0 Å². The summed E-state index contributed by atoms with van der Waals surface area (Å²) in [5.74, 6) is 0.417. The maximum absolute atomic E-state index is 12.0. The minimum absolute atomic E-state index is 0.178.